The van der Waals surface area contributed by atoms with Crippen LogP contribution in [0.25, 0.3) is 0 Å². The molecule has 0 saturated carbocycles. The van der Waals surface area contributed by atoms with Crippen molar-refractivity contribution >= 4 is 11.6 Å². The fraction of sp³-hybridized carbons (Fsp3) is 0.692. The maximum absolute atomic E-state index is 12.7. The smallest absolute Gasteiger partial charge is 0.384 e. The van der Waals surface area contributed by atoms with E-state index in [4.69, 9.17) is 5.73 Å². The lowest BCUT2D eigenvalue weighted by molar-refractivity contribution is -0.144. The number of hydrogen-bond acceptors (Lipinski definition) is 4. The van der Waals surface area contributed by atoms with Crippen LogP contribution in [0.5, 0.6) is 0 Å². The van der Waals surface area contributed by atoms with Gasteiger partial charge in [0.15, 0.2) is 0 Å². The van der Waals surface area contributed by atoms with Crippen molar-refractivity contribution in [3.8, 4) is 0 Å². The van der Waals surface area contributed by atoms with Gasteiger partial charge in [-0.05, 0) is 18.8 Å². The zero-order valence-corrected chi connectivity index (χ0v) is 11.5. The van der Waals surface area contributed by atoms with Gasteiger partial charge in [-0.2, -0.15) is 13.2 Å². The summed E-state index contributed by atoms with van der Waals surface area (Å²) in [5, 5.41) is 0. The van der Waals surface area contributed by atoms with Crippen LogP contribution in [0.4, 0.5) is 24.8 Å². The first kappa shape index (κ1) is 14.9. The van der Waals surface area contributed by atoms with Crippen LogP contribution < -0.4 is 10.6 Å². The quantitative estimate of drug-likeness (QED) is 0.928. The molecule has 1 aromatic rings. The Morgan fingerprint density at radius 1 is 1.30 bits per heavy atom. The van der Waals surface area contributed by atoms with E-state index in [-0.39, 0.29) is 11.6 Å². The number of halogens is 3. The van der Waals surface area contributed by atoms with E-state index in [0.29, 0.717) is 5.92 Å². The average molecular weight is 288 g/mol. The van der Waals surface area contributed by atoms with Crippen LogP contribution >= 0.6 is 0 Å². The molecule has 1 aliphatic heterocycles. The second-order valence-corrected chi connectivity index (χ2v) is 5.19. The second-order valence-electron chi connectivity index (χ2n) is 5.19. The minimum Gasteiger partial charge on any atom is -0.384 e. The van der Waals surface area contributed by atoms with Crippen LogP contribution in [-0.2, 0) is 6.18 Å². The van der Waals surface area contributed by atoms with E-state index in [0.717, 1.165) is 32.4 Å². The molecule has 0 atom stereocenters. The highest BCUT2D eigenvalue weighted by atomic mass is 19.4. The largest absolute Gasteiger partial charge is 0.451 e. The topological polar surface area (TPSA) is 55.0 Å². The Bertz CT molecular complexity index is 453. The number of nitrogens with two attached hydrogens (primary N) is 1. The summed E-state index contributed by atoms with van der Waals surface area (Å²) in [5.41, 5.74) is 5.46. The van der Waals surface area contributed by atoms with E-state index in [1.165, 1.54) is 12.5 Å². The zero-order chi connectivity index (χ0) is 14.8. The number of hydrogen-bond donors (Lipinski definition) is 1. The number of nitrogen functional groups attached to an aromatic ring is 1. The summed E-state index contributed by atoms with van der Waals surface area (Å²) in [6, 6.07) is 1.41. The highest BCUT2D eigenvalue weighted by Crippen LogP contribution is 2.30. The minimum atomic E-state index is -4.56. The molecule has 112 valence electrons. The Hall–Kier alpha value is -1.53. The van der Waals surface area contributed by atoms with Gasteiger partial charge in [-0.25, -0.2) is 9.97 Å². The van der Waals surface area contributed by atoms with Gasteiger partial charge >= 0.3 is 6.18 Å². The maximum atomic E-state index is 12.7. The molecule has 0 unspecified atom stereocenters. The third-order valence-electron chi connectivity index (χ3n) is 3.62. The molecule has 1 aliphatic rings. The predicted molar refractivity (Wildman–Crippen MR) is 71.3 cm³/mol. The highest BCUT2D eigenvalue weighted by Gasteiger charge is 2.36. The number of piperidine rings is 1. The molecular weight excluding hydrogens is 269 g/mol. The van der Waals surface area contributed by atoms with Gasteiger partial charge in [0.2, 0.25) is 5.82 Å². The van der Waals surface area contributed by atoms with E-state index in [1.807, 2.05) is 4.90 Å². The van der Waals surface area contributed by atoms with Crippen LogP contribution in [0, 0.1) is 5.92 Å². The molecule has 0 aliphatic carbocycles. The van der Waals surface area contributed by atoms with Crippen molar-refractivity contribution in [2.75, 3.05) is 23.7 Å². The molecular formula is C13H19F3N4. The number of nitrogens with zero attached hydrogens (tertiary/aromatic N) is 3. The first-order chi connectivity index (χ1) is 9.40. The molecule has 0 bridgehead atoms. The zero-order valence-electron chi connectivity index (χ0n) is 11.5. The van der Waals surface area contributed by atoms with E-state index < -0.39 is 12.0 Å². The summed E-state index contributed by atoms with van der Waals surface area (Å²) in [7, 11) is 0. The van der Waals surface area contributed by atoms with Crippen LogP contribution in [0.2, 0.25) is 0 Å². The molecule has 20 heavy (non-hydrogen) atoms. The summed E-state index contributed by atoms with van der Waals surface area (Å²) in [4.78, 5) is 8.73. The molecule has 1 saturated heterocycles. The number of anilines is 2. The second kappa shape index (κ2) is 5.85. The SMILES string of the molecule is CCCC1CCN(c2cc(N)nc(C(F)(F)F)n2)CC1. The number of aromatic nitrogens is 2. The van der Waals surface area contributed by atoms with Crippen molar-refractivity contribution in [3.05, 3.63) is 11.9 Å². The van der Waals surface area contributed by atoms with E-state index in [9.17, 15) is 13.2 Å². The highest BCUT2D eigenvalue weighted by molar-refractivity contribution is 5.47. The monoisotopic (exact) mass is 288 g/mol. The van der Waals surface area contributed by atoms with Gasteiger partial charge in [-0.3, -0.25) is 0 Å². The van der Waals surface area contributed by atoms with Crippen molar-refractivity contribution < 1.29 is 13.2 Å². The van der Waals surface area contributed by atoms with E-state index in [2.05, 4.69) is 16.9 Å². The predicted octanol–water partition coefficient (Wildman–Crippen LogP) is 3.09. The first-order valence-electron chi connectivity index (χ1n) is 6.87. The molecule has 7 heteroatoms. The Kier molecular flexibility index (Phi) is 4.35. The summed E-state index contributed by atoms with van der Waals surface area (Å²) in [5.74, 6) is -0.363. The molecule has 2 rings (SSSR count). The van der Waals surface area contributed by atoms with Gasteiger partial charge in [0.1, 0.15) is 11.6 Å². The lowest BCUT2D eigenvalue weighted by Crippen LogP contribution is -2.34. The minimum absolute atomic E-state index is 0.141. The van der Waals surface area contributed by atoms with Crippen LogP contribution in [0.3, 0.4) is 0 Å². The summed E-state index contributed by atoms with van der Waals surface area (Å²) in [6.45, 7) is 3.59. The molecule has 0 aromatic carbocycles. The molecule has 1 fully saturated rings. The van der Waals surface area contributed by atoms with Gasteiger partial charge < -0.3 is 10.6 Å². The maximum Gasteiger partial charge on any atom is 0.451 e. The van der Waals surface area contributed by atoms with Crippen LogP contribution in [0.1, 0.15) is 38.4 Å². The lowest BCUT2D eigenvalue weighted by atomic mass is 9.92. The van der Waals surface area contributed by atoms with Crippen molar-refractivity contribution in [2.24, 2.45) is 5.92 Å². The first-order valence-corrected chi connectivity index (χ1v) is 6.87. The summed E-state index contributed by atoms with van der Waals surface area (Å²) >= 11 is 0. The van der Waals surface area contributed by atoms with E-state index >= 15 is 0 Å². The van der Waals surface area contributed by atoms with Crippen molar-refractivity contribution in [1.82, 2.24) is 9.97 Å². The Morgan fingerprint density at radius 3 is 2.50 bits per heavy atom. The number of alkyl halides is 3. The Morgan fingerprint density at radius 2 is 1.95 bits per heavy atom. The Labute approximate surface area is 116 Å². The third-order valence-corrected chi connectivity index (χ3v) is 3.62. The fourth-order valence-corrected chi connectivity index (χ4v) is 2.60. The molecule has 0 amide bonds. The van der Waals surface area contributed by atoms with Crippen molar-refractivity contribution in [3.63, 3.8) is 0 Å². The van der Waals surface area contributed by atoms with E-state index in [1.54, 1.807) is 0 Å². The number of rotatable bonds is 3. The Balaban J connectivity index is 2.12. The van der Waals surface area contributed by atoms with Gasteiger partial charge in [-0.15, -0.1) is 0 Å². The van der Waals surface area contributed by atoms with Crippen LogP contribution in [0.15, 0.2) is 6.07 Å². The molecule has 2 heterocycles. The summed E-state index contributed by atoms with van der Waals surface area (Å²) < 4.78 is 38.0. The third kappa shape index (κ3) is 3.52. The van der Waals surface area contributed by atoms with Gasteiger partial charge in [0.05, 0.1) is 0 Å². The molecule has 0 spiro atoms. The normalized spacial score (nSPS) is 17.5. The van der Waals surface area contributed by atoms with Crippen LogP contribution in [-0.4, -0.2) is 23.1 Å². The van der Waals surface area contributed by atoms with Gasteiger partial charge in [0.25, 0.3) is 0 Å². The summed E-state index contributed by atoms with van der Waals surface area (Å²) in [6.07, 6.45) is -0.278. The molecule has 2 N–H and O–H groups in total. The fourth-order valence-electron chi connectivity index (χ4n) is 2.60. The standard InChI is InChI=1S/C13H19F3N4/c1-2-3-9-4-6-20(7-5-9)11-8-10(17)18-12(19-11)13(14,15)16/h8-9H,2-7H2,1H3,(H2,17,18,19). The average Bonchev–Trinajstić information content (AvgIpc) is 2.38. The lowest BCUT2D eigenvalue weighted by Gasteiger charge is -2.33. The van der Waals surface area contributed by atoms with Gasteiger partial charge in [0, 0.05) is 19.2 Å². The van der Waals surface area contributed by atoms with Crippen molar-refractivity contribution in [2.45, 2.75) is 38.8 Å². The molecule has 4 nitrogen and oxygen atoms in total. The molecule has 0 radical (unpaired) electrons. The molecule has 1 aromatic heterocycles. The van der Waals surface area contributed by atoms with Gasteiger partial charge in [-0.1, -0.05) is 19.8 Å². The van der Waals surface area contributed by atoms with Crippen molar-refractivity contribution in [1.29, 1.82) is 0 Å².